The SMILES string of the molecule is CCC(=O)c1ccc(OCC(=O)NCc2cccnc2N2CCCCC2)cc1. The van der Waals surface area contributed by atoms with Gasteiger partial charge in [-0.15, -0.1) is 0 Å². The van der Waals surface area contributed by atoms with Crippen molar-refractivity contribution in [3.63, 3.8) is 0 Å². The molecule has 3 rings (SSSR count). The smallest absolute Gasteiger partial charge is 0.258 e. The van der Waals surface area contributed by atoms with E-state index >= 15 is 0 Å². The van der Waals surface area contributed by atoms with E-state index in [4.69, 9.17) is 4.74 Å². The molecule has 1 amide bonds. The van der Waals surface area contributed by atoms with Crippen molar-refractivity contribution < 1.29 is 14.3 Å². The lowest BCUT2D eigenvalue weighted by atomic mass is 10.1. The van der Waals surface area contributed by atoms with Gasteiger partial charge < -0.3 is 15.0 Å². The molecule has 1 aliphatic heterocycles. The molecule has 0 spiro atoms. The van der Waals surface area contributed by atoms with Crippen molar-refractivity contribution in [2.24, 2.45) is 0 Å². The van der Waals surface area contributed by atoms with Crippen LogP contribution in [0.3, 0.4) is 0 Å². The number of hydrogen-bond acceptors (Lipinski definition) is 5. The third kappa shape index (κ3) is 5.31. The van der Waals surface area contributed by atoms with E-state index in [1.165, 1.54) is 19.3 Å². The molecule has 2 aromatic rings. The fourth-order valence-corrected chi connectivity index (χ4v) is 3.29. The van der Waals surface area contributed by atoms with Gasteiger partial charge in [0.15, 0.2) is 12.4 Å². The van der Waals surface area contributed by atoms with Gasteiger partial charge in [0.2, 0.25) is 0 Å². The number of pyridine rings is 1. The molecule has 0 saturated carbocycles. The first-order chi connectivity index (χ1) is 13.7. The average molecular weight is 381 g/mol. The lowest BCUT2D eigenvalue weighted by Crippen LogP contribution is -2.33. The Kier molecular flexibility index (Phi) is 7.00. The Morgan fingerprint density at radius 3 is 2.57 bits per heavy atom. The third-order valence-corrected chi connectivity index (χ3v) is 4.87. The van der Waals surface area contributed by atoms with Crippen LogP contribution in [0.1, 0.15) is 48.5 Å². The molecule has 1 aromatic heterocycles. The number of carbonyl (C=O) groups excluding carboxylic acids is 2. The van der Waals surface area contributed by atoms with Crippen molar-refractivity contribution >= 4 is 17.5 Å². The first-order valence-electron chi connectivity index (χ1n) is 9.89. The van der Waals surface area contributed by atoms with Crippen molar-refractivity contribution in [3.8, 4) is 5.75 Å². The fraction of sp³-hybridized carbons (Fsp3) is 0.409. The van der Waals surface area contributed by atoms with Crippen molar-refractivity contribution in [1.29, 1.82) is 0 Å². The van der Waals surface area contributed by atoms with Gasteiger partial charge >= 0.3 is 0 Å². The van der Waals surface area contributed by atoms with Gasteiger partial charge in [-0.3, -0.25) is 9.59 Å². The Morgan fingerprint density at radius 1 is 1.11 bits per heavy atom. The molecule has 0 atom stereocenters. The Labute approximate surface area is 165 Å². The maximum absolute atomic E-state index is 12.2. The molecular weight excluding hydrogens is 354 g/mol. The molecular formula is C22H27N3O3. The highest BCUT2D eigenvalue weighted by atomic mass is 16.5. The predicted molar refractivity (Wildman–Crippen MR) is 109 cm³/mol. The highest BCUT2D eigenvalue weighted by molar-refractivity contribution is 5.95. The molecule has 1 N–H and O–H groups in total. The Bertz CT molecular complexity index is 799. The van der Waals surface area contributed by atoms with Gasteiger partial charge in [0.1, 0.15) is 11.6 Å². The van der Waals surface area contributed by atoms with Crippen molar-refractivity contribution in [2.45, 2.75) is 39.2 Å². The van der Waals surface area contributed by atoms with E-state index in [1.54, 1.807) is 30.5 Å². The molecule has 0 radical (unpaired) electrons. The first kappa shape index (κ1) is 19.9. The molecule has 0 bridgehead atoms. The van der Waals surface area contributed by atoms with E-state index < -0.39 is 0 Å². The van der Waals surface area contributed by atoms with Gasteiger partial charge in [-0.2, -0.15) is 0 Å². The number of benzene rings is 1. The summed E-state index contributed by atoms with van der Waals surface area (Å²) >= 11 is 0. The standard InChI is InChI=1S/C22H27N3O3/c1-2-20(26)17-8-10-19(11-9-17)28-16-21(27)24-15-18-7-6-12-23-22(18)25-13-4-3-5-14-25/h6-12H,2-5,13-16H2,1H3,(H,24,27). The molecule has 6 nitrogen and oxygen atoms in total. The van der Waals surface area contributed by atoms with Crippen LogP contribution in [-0.2, 0) is 11.3 Å². The second-order valence-corrected chi connectivity index (χ2v) is 6.90. The number of rotatable bonds is 8. The lowest BCUT2D eigenvalue weighted by molar-refractivity contribution is -0.123. The maximum Gasteiger partial charge on any atom is 0.258 e. The number of nitrogens with one attached hydrogen (secondary N) is 1. The van der Waals surface area contributed by atoms with E-state index in [0.29, 0.717) is 24.3 Å². The molecule has 6 heteroatoms. The van der Waals surface area contributed by atoms with Crippen LogP contribution in [0.4, 0.5) is 5.82 Å². The molecule has 1 aliphatic rings. The van der Waals surface area contributed by atoms with Crippen LogP contribution in [0.2, 0.25) is 0 Å². The summed E-state index contributed by atoms with van der Waals surface area (Å²) in [6.07, 6.45) is 5.89. The highest BCUT2D eigenvalue weighted by Crippen LogP contribution is 2.21. The zero-order valence-corrected chi connectivity index (χ0v) is 16.3. The number of amides is 1. The van der Waals surface area contributed by atoms with Crippen LogP contribution in [0.15, 0.2) is 42.6 Å². The van der Waals surface area contributed by atoms with E-state index in [1.807, 2.05) is 19.1 Å². The lowest BCUT2D eigenvalue weighted by Gasteiger charge is -2.29. The minimum Gasteiger partial charge on any atom is -0.484 e. The predicted octanol–water partition coefficient (Wildman–Crippen LogP) is 3.36. The molecule has 2 heterocycles. The van der Waals surface area contributed by atoms with Crippen LogP contribution in [-0.4, -0.2) is 36.4 Å². The number of ether oxygens (including phenoxy) is 1. The van der Waals surface area contributed by atoms with Crippen LogP contribution < -0.4 is 15.0 Å². The van der Waals surface area contributed by atoms with Crippen LogP contribution in [0.5, 0.6) is 5.75 Å². The van der Waals surface area contributed by atoms with Gasteiger partial charge in [0, 0.05) is 43.4 Å². The van der Waals surface area contributed by atoms with Gasteiger partial charge in [-0.25, -0.2) is 4.98 Å². The summed E-state index contributed by atoms with van der Waals surface area (Å²) < 4.78 is 5.52. The maximum atomic E-state index is 12.2. The Balaban J connectivity index is 1.50. The summed E-state index contributed by atoms with van der Waals surface area (Å²) in [5.74, 6) is 1.42. The zero-order chi connectivity index (χ0) is 19.8. The quantitative estimate of drug-likeness (QED) is 0.710. The summed E-state index contributed by atoms with van der Waals surface area (Å²) in [5, 5.41) is 2.90. The molecule has 1 aromatic carbocycles. The molecule has 28 heavy (non-hydrogen) atoms. The Hall–Kier alpha value is -2.89. The number of ketones is 1. The van der Waals surface area contributed by atoms with E-state index in [-0.39, 0.29) is 18.3 Å². The molecule has 0 aliphatic carbocycles. The number of carbonyl (C=O) groups is 2. The number of nitrogens with zero attached hydrogens (tertiary/aromatic N) is 2. The van der Waals surface area contributed by atoms with Crippen LogP contribution in [0.25, 0.3) is 0 Å². The van der Waals surface area contributed by atoms with Crippen molar-refractivity contribution in [1.82, 2.24) is 10.3 Å². The summed E-state index contributed by atoms with van der Waals surface area (Å²) in [4.78, 5) is 30.6. The summed E-state index contributed by atoms with van der Waals surface area (Å²) in [5.41, 5.74) is 1.67. The molecule has 1 saturated heterocycles. The molecule has 148 valence electrons. The zero-order valence-electron chi connectivity index (χ0n) is 16.3. The summed E-state index contributed by atoms with van der Waals surface area (Å²) in [6, 6.07) is 10.8. The Morgan fingerprint density at radius 2 is 1.86 bits per heavy atom. The average Bonchev–Trinajstić information content (AvgIpc) is 2.77. The largest absolute Gasteiger partial charge is 0.484 e. The number of Topliss-reactive ketones (excluding diaryl/α,β-unsaturated/α-hetero) is 1. The second kappa shape index (κ2) is 9.88. The summed E-state index contributed by atoms with van der Waals surface area (Å²) in [7, 11) is 0. The van der Waals surface area contributed by atoms with E-state index in [2.05, 4.69) is 15.2 Å². The minimum atomic E-state index is -0.192. The van der Waals surface area contributed by atoms with Gasteiger partial charge in [-0.05, 0) is 49.6 Å². The topological polar surface area (TPSA) is 71.5 Å². The van der Waals surface area contributed by atoms with Gasteiger partial charge in [-0.1, -0.05) is 13.0 Å². The van der Waals surface area contributed by atoms with Gasteiger partial charge in [0.05, 0.1) is 0 Å². The van der Waals surface area contributed by atoms with Crippen LogP contribution >= 0.6 is 0 Å². The number of anilines is 1. The van der Waals surface area contributed by atoms with E-state index in [9.17, 15) is 9.59 Å². The second-order valence-electron chi connectivity index (χ2n) is 6.90. The number of piperidine rings is 1. The normalized spacial score (nSPS) is 13.8. The number of aromatic nitrogens is 1. The van der Waals surface area contributed by atoms with Crippen molar-refractivity contribution in [3.05, 3.63) is 53.7 Å². The molecule has 1 fully saturated rings. The van der Waals surface area contributed by atoms with Crippen molar-refractivity contribution in [2.75, 3.05) is 24.6 Å². The van der Waals surface area contributed by atoms with Gasteiger partial charge in [0.25, 0.3) is 5.91 Å². The van der Waals surface area contributed by atoms with E-state index in [0.717, 1.165) is 24.5 Å². The first-order valence-corrected chi connectivity index (χ1v) is 9.89. The fourth-order valence-electron chi connectivity index (χ4n) is 3.29. The highest BCUT2D eigenvalue weighted by Gasteiger charge is 2.16. The number of hydrogen-bond donors (Lipinski definition) is 1. The third-order valence-electron chi connectivity index (χ3n) is 4.87. The minimum absolute atomic E-state index is 0.0691. The van der Waals surface area contributed by atoms with Crippen LogP contribution in [0, 0.1) is 0 Å². The molecule has 0 unspecified atom stereocenters. The monoisotopic (exact) mass is 381 g/mol. The summed E-state index contributed by atoms with van der Waals surface area (Å²) in [6.45, 7) is 4.21.